The molecular weight excluding hydrogens is 174 g/mol. The molecule has 0 amide bonds. The van der Waals surface area contributed by atoms with Crippen LogP contribution in [-0.4, -0.2) is 14.8 Å². The SMILES string of the molecule is CC.Cc1cnn(-c2cccnc2)c1. The summed E-state index contributed by atoms with van der Waals surface area (Å²) < 4.78 is 1.81. The van der Waals surface area contributed by atoms with Crippen LogP contribution in [0, 0.1) is 6.92 Å². The Bertz CT molecular complexity index is 365. The van der Waals surface area contributed by atoms with Gasteiger partial charge in [0.2, 0.25) is 0 Å². The number of rotatable bonds is 1. The molecule has 0 aromatic carbocycles. The van der Waals surface area contributed by atoms with E-state index in [1.807, 2.05) is 50.0 Å². The molecule has 0 aliphatic rings. The molecule has 74 valence electrons. The third-order valence-corrected chi connectivity index (χ3v) is 1.62. The molecule has 2 aromatic rings. The number of nitrogens with zero attached hydrogens (tertiary/aromatic N) is 3. The Morgan fingerprint density at radius 3 is 2.50 bits per heavy atom. The number of aryl methyl sites for hydroxylation is 1. The first kappa shape index (κ1) is 10.4. The fraction of sp³-hybridized carbons (Fsp3) is 0.273. The third-order valence-electron chi connectivity index (χ3n) is 1.62. The summed E-state index contributed by atoms with van der Waals surface area (Å²) >= 11 is 0. The van der Waals surface area contributed by atoms with Crippen LogP contribution in [0.4, 0.5) is 0 Å². The van der Waals surface area contributed by atoms with Gasteiger partial charge in [-0.15, -0.1) is 0 Å². The summed E-state index contributed by atoms with van der Waals surface area (Å²) in [5.41, 5.74) is 2.14. The lowest BCUT2D eigenvalue weighted by Gasteiger charge is -1.97. The first-order valence-electron chi connectivity index (χ1n) is 4.78. The molecule has 0 aliphatic heterocycles. The Hall–Kier alpha value is -1.64. The van der Waals surface area contributed by atoms with E-state index in [9.17, 15) is 0 Å². The molecule has 3 nitrogen and oxygen atoms in total. The van der Waals surface area contributed by atoms with Crippen molar-refractivity contribution in [3.05, 3.63) is 42.5 Å². The van der Waals surface area contributed by atoms with Gasteiger partial charge in [0, 0.05) is 12.4 Å². The molecule has 0 aliphatic carbocycles. The van der Waals surface area contributed by atoms with Crippen molar-refractivity contribution in [3.8, 4) is 5.69 Å². The zero-order chi connectivity index (χ0) is 10.4. The second kappa shape index (κ2) is 5.17. The highest BCUT2D eigenvalue weighted by Crippen LogP contribution is 2.04. The molecule has 2 heterocycles. The van der Waals surface area contributed by atoms with E-state index in [2.05, 4.69) is 10.1 Å². The maximum Gasteiger partial charge on any atom is 0.0828 e. The Kier molecular flexibility index (Phi) is 3.85. The minimum absolute atomic E-state index is 0.991. The van der Waals surface area contributed by atoms with Gasteiger partial charge in [0.15, 0.2) is 0 Å². The third kappa shape index (κ3) is 2.42. The van der Waals surface area contributed by atoms with Crippen molar-refractivity contribution in [2.45, 2.75) is 20.8 Å². The van der Waals surface area contributed by atoms with Gasteiger partial charge in [-0.3, -0.25) is 4.98 Å². The van der Waals surface area contributed by atoms with E-state index in [4.69, 9.17) is 0 Å². The first-order valence-corrected chi connectivity index (χ1v) is 4.78. The lowest BCUT2D eigenvalue weighted by molar-refractivity contribution is 0.873. The minimum atomic E-state index is 0.991. The van der Waals surface area contributed by atoms with Gasteiger partial charge in [0.25, 0.3) is 0 Å². The molecule has 0 atom stereocenters. The lowest BCUT2D eigenvalue weighted by atomic mass is 10.4. The molecule has 0 unspecified atom stereocenters. The van der Waals surface area contributed by atoms with Crippen molar-refractivity contribution in [2.24, 2.45) is 0 Å². The monoisotopic (exact) mass is 189 g/mol. The van der Waals surface area contributed by atoms with Crippen LogP contribution in [0.1, 0.15) is 19.4 Å². The van der Waals surface area contributed by atoms with E-state index in [-0.39, 0.29) is 0 Å². The number of aromatic nitrogens is 3. The molecule has 0 fully saturated rings. The molecule has 0 saturated heterocycles. The number of pyridine rings is 1. The molecule has 0 bridgehead atoms. The average Bonchev–Trinajstić information content (AvgIpc) is 2.69. The quantitative estimate of drug-likeness (QED) is 0.690. The van der Waals surface area contributed by atoms with E-state index in [1.165, 1.54) is 0 Å². The van der Waals surface area contributed by atoms with E-state index in [0.29, 0.717) is 0 Å². The first-order chi connectivity index (χ1) is 6.86. The van der Waals surface area contributed by atoms with E-state index in [0.717, 1.165) is 11.3 Å². The van der Waals surface area contributed by atoms with Gasteiger partial charge < -0.3 is 0 Å². The molecule has 0 radical (unpaired) electrons. The number of hydrogen-bond acceptors (Lipinski definition) is 2. The largest absolute Gasteiger partial charge is 0.262 e. The van der Waals surface area contributed by atoms with Gasteiger partial charge in [-0.25, -0.2) is 4.68 Å². The summed E-state index contributed by atoms with van der Waals surface area (Å²) in [4.78, 5) is 4.01. The predicted octanol–water partition coefficient (Wildman–Crippen LogP) is 2.60. The van der Waals surface area contributed by atoms with Crippen LogP contribution in [-0.2, 0) is 0 Å². The summed E-state index contributed by atoms with van der Waals surface area (Å²) in [6.07, 6.45) is 7.33. The molecule has 2 rings (SSSR count). The van der Waals surface area contributed by atoms with Crippen molar-refractivity contribution in [2.75, 3.05) is 0 Å². The summed E-state index contributed by atoms with van der Waals surface area (Å²) in [5.74, 6) is 0. The fourth-order valence-electron chi connectivity index (χ4n) is 1.04. The van der Waals surface area contributed by atoms with Crippen molar-refractivity contribution >= 4 is 0 Å². The van der Waals surface area contributed by atoms with Gasteiger partial charge >= 0.3 is 0 Å². The van der Waals surface area contributed by atoms with Crippen LogP contribution in [0.25, 0.3) is 5.69 Å². The predicted molar refractivity (Wildman–Crippen MR) is 57.4 cm³/mol. The second-order valence-corrected chi connectivity index (χ2v) is 2.67. The Labute approximate surface area is 84.4 Å². The van der Waals surface area contributed by atoms with Crippen LogP contribution >= 0.6 is 0 Å². The summed E-state index contributed by atoms with van der Waals surface area (Å²) in [6, 6.07) is 3.87. The van der Waals surface area contributed by atoms with Gasteiger partial charge in [-0.2, -0.15) is 5.10 Å². The molecular formula is C11H15N3. The second-order valence-electron chi connectivity index (χ2n) is 2.67. The van der Waals surface area contributed by atoms with E-state index < -0.39 is 0 Å². The summed E-state index contributed by atoms with van der Waals surface area (Å²) in [5, 5.41) is 4.16. The van der Waals surface area contributed by atoms with Crippen molar-refractivity contribution in [1.82, 2.24) is 14.8 Å². The minimum Gasteiger partial charge on any atom is -0.262 e. The molecule has 2 aromatic heterocycles. The van der Waals surface area contributed by atoms with Crippen LogP contribution in [0.15, 0.2) is 36.9 Å². The smallest absolute Gasteiger partial charge is 0.0828 e. The van der Waals surface area contributed by atoms with Crippen molar-refractivity contribution in [3.63, 3.8) is 0 Å². The van der Waals surface area contributed by atoms with Gasteiger partial charge in [-0.1, -0.05) is 13.8 Å². The van der Waals surface area contributed by atoms with Crippen LogP contribution in [0.5, 0.6) is 0 Å². The van der Waals surface area contributed by atoms with Crippen molar-refractivity contribution in [1.29, 1.82) is 0 Å². The Morgan fingerprint density at radius 1 is 1.21 bits per heavy atom. The van der Waals surface area contributed by atoms with Crippen LogP contribution in [0.3, 0.4) is 0 Å². The molecule has 0 saturated carbocycles. The zero-order valence-corrected chi connectivity index (χ0v) is 8.81. The fourth-order valence-corrected chi connectivity index (χ4v) is 1.04. The number of hydrogen-bond donors (Lipinski definition) is 0. The van der Waals surface area contributed by atoms with Gasteiger partial charge in [-0.05, 0) is 24.6 Å². The standard InChI is InChI=1S/C9H9N3.C2H6/c1-8-5-11-12(7-8)9-3-2-4-10-6-9;1-2/h2-7H,1H3;1-2H3. The van der Waals surface area contributed by atoms with Gasteiger partial charge in [0.05, 0.1) is 18.1 Å². The highest BCUT2D eigenvalue weighted by atomic mass is 15.3. The average molecular weight is 189 g/mol. The Balaban J connectivity index is 0.000000461. The normalized spacial score (nSPS) is 9.07. The zero-order valence-electron chi connectivity index (χ0n) is 8.81. The van der Waals surface area contributed by atoms with E-state index in [1.54, 1.807) is 12.4 Å². The maximum atomic E-state index is 4.16. The van der Waals surface area contributed by atoms with Crippen LogP contribution in [0.2, 0.25) is 0 Å². The highest BCUT2D eigenvalue weighted by Gasteiger charge is 1.95. The molecule has 0 spiro atoms. The van der Waals surface area contributed by atoms with Crippen molar-refractivity contribution < 1.29 is 0 Å². The van der Waals surface area contributed by atoms with E-state index >= 15 is 0 Å². The summed E-state index contributed by atoms with van der Waals surface area (Å²) in [6.45, 7) is 6.01. The Morgan fingerprint density at radius 2 is 2.00 bits per heavy atom. The molecule has 0 N–H and O–H groups in total. The van der Waals surface area contributed by atoms with Gasteiger partial charge in [0.1, 0.15) is 0 Å². The summed E-state index contributed by atoms with van der Waals surface area (Å²) in [7, 11) is 0. The maximum absolute atomic E-state index is 4.16. The molecule has 3 heteroatoms. The van der Waals surface area contributed by atoms with Crippen LogP contribution < -0.4 is 0 Å². The topological polar surface area (TPSA) is 30.7 Å². The molecule has 14 heavy (non-hydrogen) atoms. The lowest BCUT2D eigenvalue weighted by Crippen LogP contribution is -1.93. The highest BCUT2D eigenvalue weighted by molar-refractivity contribution is 5.26.